The van der Waals surface area contributed by atoms with Gasteiger partial charge in [-0.2, -0.15) is 5.10 Å². The Labute approximate surface area is 98.7 Å². The van der Waals surface area contributed by atoms with Crippen molar-refractivity contribution in [3.05, 3.63) is 24.4 Å². The van der Waals surface area contributed by atoms with Crippen LogP contribution in [0.2, 0.25) is 0 Å². The molecule has 17 heavy (non-hydrogen) atoms. The van der Waals surface area contributed by atoms with E-state index in [-0.39, 0.29) is 5.97 Å². The highest BCUT2D eigenvalue weighted by Crippen LogP contribution is 2.19. The number of carbonyl (C=O) groups excluding carboxylic acids is 1. The van der Waals surface area contributed by atoms with Crippen molar-refractivity contribution in [2.45, 2.75) is 20.0 Å². The minimum atomic E-state index is -0.615. The second kappa shape index (κ2) is 4.86. The standard InChI is InChI=1S/C12H14N2O3/c1-3-16-12(15)8(2)17-10-5-4-9-7-13-14-11(9)6-10/h4-8H,3H2,1-2H3,(H,13,14). The molecule has 0 aliphatic heterocycles. The molecule has 0 aliphatic carbocycles. The van der Waals surface area contributed by atoms with E-state index in [0.29, 0.717) is 12.4 Å². The van der Waals surface area contributed by atoms with Crippen molar-refractivity contribution in [3.8, 4) is 5.75 Å². The molecule has 0 radical (unpaired) electrons. The highest BCUT2D eigenvalue weighted by Gasteiger charge is 2.15. The van der Waals surface area contributed by atoms with Crippen LogP contribution >= 0.6 is 0 Å². The smallest absolute Gasteiger partial charge is 0.347 e. The zero-order valence-electron chi connectivity index (χ0n) is 9.77. The fourth-order valence-electron chi connectivity index (χ4n) is 1.50. The number of aromatic nitrogens is 2. The van der Waals surface area contributed by atoms with E-state index in [4.69, 9.17) is 9.47 Å². The summed E-state index contributed by atoms with van der Waals surface area (Å²) in [6, 6.07) is 5.48. The summed E-state index contributed by atoms with van der Waals surface area (Å²) in [5.74, 6) is 0.250. The molecule has 1 aromatic heterocycles. The van der Waals surface area contributed by atoms with Crippen molar-refractivity contribution in [2.75, 3.05) is 6.61 Å². The molecule has 1 atom stereocenters. The Kier molecular flexibility index (Phi) is 3.27. The molecule has 0 spiro atoms. The van der Waals surface area contributed by atoms with E-state index in [1.165, 1.54) is 0 Å². The summed E-state index contributed by atoms with van der Waals surface area (Å²) >= 11 is 0. The van der Waals surface area contributed by atoms with E-state index in [1.54, 1.807) is 32.2 Å². The summed E-state index contributed by atoms with van der Waals surface area (Å²) in [7, 11) is 0. The maximum absolute atomic E-state index is 11.4. The zero-order valence-corrected chi connectivity index (χ0v) is 9.77. The number of hydrogen-bond acceptors (Lipinski definition) is 4. The van der Waals surface area contributed by atoms with Gasteiger partial charge in [0.15, 0.2) is 6.10 Å². The van der Waals surface area contributed by atoms with Gasteiger partial charge in [-0.15, -0.1) is 0 Å². The molecule has 1 unspecified atom stereocenters. The highest BCUT2D eigenvalue weighted by atomic mass is 16.6. The van der Waals surface area contributed by atoms with E-state index in [9.17, 15) is 4.79 Å². The second-order valence-corrected chi connectivity index (χ2v) is 3.63. The number of hydrogen-bond donors (Lipinski definition) is 1. The molecule has 5 heteroatoms. The third-order valence-corrected chi connectivity index (χ3v) is 2.34. The lowest BCUT2D eigenvalue weighted by Gasteiger charge is -2.13. The van der Waals surface area contributed by atoms with Crippen LogP contribution in [0.5, 0.6) is 5.75 Å². The van der Waals surface area contributed by atoms with Crippen LogP contribution < -0.4 is 4.74 Å². The number of H-pyrrole nitrogens is 1. The van der Waals surface area contributed by atoms with Gasteiger partial charge in [-0.25, -0.2) is 4.79 Å². The number of nitrogens with zero attached hydrogens (tertiary/aromatic N) is 1. The van der Waals surface area contributed by atoms with Gasteiger partial charge in [-0.3, -0.25) is 5.10 Å². The highest BCUT2D eigenvalue weighted by molar-refractivity contribution is 5.79. The Bertz CT molecular complexity index is 521. The first-order valence-electron chi connectivity index (χ1n) is 5.47. The van der Waals surface area contributed by atoms with Gasteiger partial charge in [-0.1, -0.05) is 0 Å². The van der Waals surface area contributed by atoms with Crippen molar-refractivity contribution < 1.29 is 14.3 Å². The molecule has 1 heterocycles. The van der Waals surface area contributed by atoms with Gasteiger partial charge in [-0.05, 0) is 26.0 Å². The third kappa shape index (κ3) is 2.55. The van der Waals surface area contributed by atoms with E-state index >= 15 is 0 Å². The Hall–Kier alpha value is -2.04. The zero-order chi connectivity index (χ0) is 12.3. The van der Waals surface area contributed by atoms with E-state index in [1.807, 2.05) is 6.07 Å². The van der Waals surface area contributed by atoms with Crippen molar-refractivity contribution in [1.82, 2.24) is 10.2 Å². The summed E-state index contributed by atoms with van der Waals surface area (Å²) in [5, 5.41) is 7.76. The fourth-order valence-corrected chi connectivity index (χ4v) is 1.50. The van der Waals surface area contributed by atoms with Crippen LogP contribution in [0.25, 0.3) is 10.9 Å². The molecule has 1 aromatic carbocycles. The molecule has 0 fully saturated rings. The molecule has 0 saturated carbocycles. The van der Waals surface area contributed by atoms with Crippen LogP contribution in [0.3, 0.4) is 0 Å². The Morgan fingerprint density at radius 1 is 1.53 bits per heavy atom. The summed E-state index contributed by atoms with van der Waals surface area (Å²) in [4.78, 5) is 11.4. The van der Waals surface area contributed by atoms with Crippen LogP contribution in [0, 0.1) is 0 Å². The number of nitrogens with one attached hydrogen (secondary N) is 1. The quantitative estimate of drug-likeness (QED) is 0.820. The molecule has 5 nitrogen and oxygen atoms in total. The van der Waals surface area contributed by atoms with Crippen LogP contribution in [0.15, 0.2) is 24.4 Å². The average molecular weight is 234 g/mol. The van der Waals surface area contributed by atoms with Gasteiger partial charge in [0.1, 0.15) is 5.75 Å². The van der Waals surface area contributed by atoms with Crippen LogP contribution in [0.4, 0.5) is 0 Å². The van der Waals surface area contributed by atoms with Crippen LogP contribution in [-0.4, -0.2) is 28.9 Å². The normalized spacial score (nSPS) is 12.4. The predicted molar refractivity (Wildman–Crippen MR) is 62.8 cm³/mol. The maximum Gasteiger partial charge on any atom is 0.347 e. The van der Waals surface area contributed by atoms with Crippen molar-refractivity contribution >= 4 is 16.9 Å². The lowest BCUT2D eigenvalue weighted by atomic mass is 10.2. The number of rotatable bonds is 4. The van der Waals surface area contributed by atoms with E-state index in [0.717, 1.165) is 10.9 Å². The van der Waals surface area contributed by atoms with Gasteiger partial charge in [0, 0.05) is 11.5 Å². The molecule has 90 valence electrons. The van der Waals surface area contributed by atoms with Gasteiger partial charge in [0.05, 0.1) is 18.3 Å². The van der Waals surface area contributed by atoms with Crippen LogP contribution in [-0.2, 0) is 9.53 Å². The van der Waals surface area contributed by atoms with Gasteiger partial charge in [0.2, 0.25) is 0 Å². The molecular weight excluding hydrogens is 220 g/mol. The summed E-state index contributed by atoms with van der Waals surface area (Å²) in [6.45, 7) is 3.78. The number of ether oxygens (including phenoxy) is 2. The molecule has 2 rings (SSSR count). The minimum Gasteiger partial charge on any atom is -0.479 e. The minimum absolute atomic E-state index is 0.353. The topological polar surface area (TPSA) is 64.2 Å². The number of carbonyl (C=O) groups is 1. The molecule has 1 N–H and O–H groups in total. The Morgan fingerprint density at radius 2 is 2.35 bits per heavy atom. The first-order chi connectivity index (χ1) is 8.20. The average Bonchev–Trinajstić information content (AvgIpc) is 2.76. The number of fused-ring (bicyclic) bond motifs is 1. The summed E-state index contributed by atoms with van der Waals surface area (Å²) in [5.41, 5.74) is 0.874. The Morgan fingerprint density at radius 3 is 3.12 bits per heavy atom. The van der Waals surface area contributed by atoms with Gasteiger partial charge in [0.25, 0.3) is 0 Å². The Balaban J connectivity index is 2.09. The summed E-state index contributed by atoms with van der Waals surface area (Å²) in [6.07, 6.45) is 1.11. The second-order valence-electron chi connectivity index (χ2n) is 3.63. The third-order valence-electron chi connectivity index (χ3n) is 2.34. The first-order valence-corrected chi connectivity index (χ1v) is 5.47. The monoisotopic (exact) mass is 234 g/mol. The largest absolute Gasteiger partial charge is 0.479 e. The number of aromatic amines is 1. The van der Waals surface area contributed by atoms with Crippen LogP contribution in [0.1, 0.15) is 13.8 Å². The van der Waals surface area contributed by atoms with Crippen molar-refractivity contribution in [1.29, 1.82) is 0 Å². The van der Waals surface area contributed by atoms with Gasteiger partial charge < -0.3 is 9.47 Å². The molecule has 2 aromatic rings. The molecule has 0 aliphatic rings. The van der Waals surface area contributed by atoms with E-state index < -0.39 is 6.10 Å². The number of esters is 1. The maximum atomic E-state index is 11.4. The lowest BCUT2D eigenvalue weighted by Crippen LogP contribution is -2.26. The molecular formula is C12H14N2O3. The SMILES string of the molecule is CCOC(=O)C(C)Oc1ccc2cn[nH]c2c1. The van der Waals surface area contributed by atoms with Crippen molar-refractivity contribution in [2.24, 2.45) is 0 Å². The predicted octanol–water partition coefficient (Wildman–Crippen LogP) is 1.89. The fraction of sp³-hybridized carbons (Fsp3) is 0.333. The summed E-state index contributed by atoms with van der Waals surface area (Å²) < 4.78 is 10.3. The molecule has 0 saturated heterocycles. The molecule has 0 bridgehead atoms. The lowest BCUT2D eigenvalue weighted by molar-refractivity contribution is -0.150. The van der Waals surface area contributed by atoms with E-state index in [2.05, 4.69) is 10.2 Å². The molecule has 0 amide bonds. The number of benzene rings is 1. The van der Waals surface area contributed by atoms with Crippen molar-refractivity contribution in [3.63, 3.8) is 0 Å². The first kappa shape index (κ1) is 11.4. The van der Waals surface area contributed by atoms with Gasteiger partial charge >= 0.3 is 5.97 Å².